The van der Waals surface area contributed by atoms with Crippen LogP contribution >= 0.6 is 15.9 Å². The normalized spacial score (nSPS) is 17.1. The van der Waals surface area contributed by atoms with Crippen LogP contribution in [-0.2, 0) is 0 Å². The molecule has 0 heterocycles. The van der Waals surface area contributed by atoms with Gasteiger partial charge in [0.15, 0.2) is 0 Å². The Morgan fingerprint density at radius 2 is 1.86 bits per heavy atom. The Labute approximate surface area is 91.8 Å². The van der Waals surface area contributed by atoms with Crippen molar-refractivity contribution in [3.8, 4) is 0 Å². The van der Waals surface area contributed by atoms with Crippen LogP contribution in [-0.4, -0.2) is 35.5 Å². The lowest BCUT2D eigenvalue weighted by Crippen LogP contribution is -2.39. The van der Waals surface area contributed by atoms with Crippen LogP contribution in [0, 0.1) is 0 Å². The van der Waals surface area contributed by atoms with E-state index < -0.39 is 11.0 Å². The second-order valence-electron chi connectivity index (χ2n) is 3.59. The fraction of sp³-hybridized carbons (Fsp3) is 1.00. The number of rotatable bonds is 5. The lowest BCUT2D eigenvalue weighted by molar-refractivity contribution is -0.130. The summed E-state index contributed by atoms with van der Waals surface area (Å²) in [5.41, 5.74) is 0. The van der Waals surface area contributed by atoms with E-state index in [1.807, 2.05) is 13.8 Å². The molecular weight excluding hydrogens is 259 g/mol. The summed E-state index contributed by atoms with van der Waals surface area (Å²) in [5, 5.41) is 0. The van der Waals surface area contributed by atoms with Gasteiger partial charge in [0.1, 0.15) is 4.83 Å². The van der Waals surface area contributed by atoms with Crippen molar-refractivity contribution in [3.63, 3.8) is 0 Å². The first kappa shape index (κ1) is 14.2. The van der Waals surface area contributed by atoms with Gasteiger partial charge >= 0.3 is 6.18 Å². The van der Waals surface area contributed by atoms with E-state index in [9.17, 15) is 13.2 Å². The zero-order valence-electron chi connectivity index (χ0n) is 8.74. The summed E-state index contributed by atoms with van der Waals surface area (Å²) < 4.78 is 36.6. The molecule has 0 aliphatic rings. The molecule has 0 N–H and O–H groups in total. The van der Waals surface area contributed by atoms with Gasteiger partial charge in [-0.05, 0) is 20.4 Å². The molecule has 2 unspecified atom stereocenters. The van der Waals surface area contributed by atoms with Crippen LogP contribution in [0.25, 0.3) is 0 Å². The van der Waals surface area contributed by atoms with Crippen molar-refractivity contribution in [3.05, 3.63) is 0 Å². The Morgan fingerprint density at radius 3 is 2.21 bits per heavy atom. The average Bonchev–Trinajstić information content (AvgIpc) is 2.02. The fourth-order valence-electron chi connectivity index (χ4n) is 1.17. The summed E-state index contributed by atoms with van der Waals surface area (Å²) in [6.07, 6.45) is -2.24. The van der Waals surface area contributed by atoms with Crippen molar-refractivity contribution < 1.29 is 13.2 Å². The Morgan fingerprint density at radius 1 is 1.36 bits per heavy atom. The molecule has 0 amide bonds. The maximum Gasteiger partial charge on any atom is 0.402 e. The van der Waals surface area contributed by atoms with E-state index in [1.54, 1.807) is 11.9 Å². The topological polar surface area (TPSA) is 3.24 Å². The quantitative estimate of drug-likeness (QED) is 0.695. The van der Waals surface area contributed by atoms with Crippen molar-refractivity contribution in [1.29, 1.82) is 0 Å². The van der Waals surface area contributed by atoms with Gasteiger partial charge in [0.05, 0.1) is 0 Å². The van der Waals surface area contributed by atoms with Crippen LogP contribution in [0.3, 0.4) is 0 Å². The first-order chi connectivity index (χ1) is 6.29. The number of hydrogen-bond donors (Lipinski definition) is 0. The molecule has 5 heteroatoms. The highest BCUT2D eigenvalue weighted by Crippen LogP contribution is 2.27. The third-order valence-corrected chi connectivity index (χ3v) is 3.07. The van der Waals surface area contributed by atoms with Gasteiger partial charge in [-0.1, -0.05) is 29.3 Å². The molecule has 1 nitrogen and oxygen atoms in total. The van der Waals surface area contributed by atoms with Gasteiger partial charge in [-0.25, -0.2) is 0 Å². The highest BCUT2D eigenvalue weighted by Gasteiger charge is 2.38. The minimum Gasteiger partial charge on any atom is -0.302 e. The van der Waals surface area contributed by atoms with E-state index >= 15 is 0 Å². The molecule has 2 atom stereocenters. The van der Waals surface area contributed by atoms with E-state index in [4.69, 9.17) is 0 Å². The number of alkyl halides is 4. The Bertz CT molecular complexity index is 161. The molecule has 0 aromatic heterocycles. The lowest BCUT2D eigenvalue weighted by Gasteiger charge is -2.27. The minimum atomic E-state index is -4.15. The van der Waals surface area contributed by atoms with Gasteiger partial charge in [0, 0.05) is 12.6 Å². The molecule has 14 heavy (non-hydrogen) atoms. The van der Waals surface area contributed by atoms with Gasteiger partial charge in [-0.15, -0.1) is 0 Å². The van der Waals surface area contributed by atoms with Crippen LogP contribution in [0.15, 0.2) is 0 Å². The Hall–Kier alpha value is 0.230. The zero-order valence-corrected chi connectivity index (χ0v) is 10.3. The van der Waals surface area contributed by atoms with Crippen molar-refractivity contribution in [1.82, 2.24) is 4.90 Å². The zero-order chi connectivity index (χ0) is 11.4. The molecule has 0 aliphatic carbocycles. The van der Waals surface area contributed by atoms with Gasteiger partial charge in [0.2, 0.25) is 0 Å². The molecule has 0 saturated carbocycles. The molecule has 0 spiro atoms. The number of nitrogens with zero attached hydrogens (tertiary/aromatic N) is 1. The average molecular weight is 276 g/mol. The highest BCUT2D eigenvalue weighted by atomic mass is 79.9. The van der Waals surface area contributed by atoms with E-state index in [1.165, 1.54) is 0 Å². The van der Waals surface area contributed by atoms with Crippen molar-refractivity contribution in [2.45, 2.75) is 43.7 Å². The van der Waals surface area contributed by atoms with Gasteiger partial charge in [-0.3, -0.25) is 0 Å². The predicted octanol–water partition coefficient (Wildman–Crippen LogP) is 3.43. The molecular formula is C9H17BrF3N. The molecule has 0 aromatic carbocycles. The van der Waals surface area contributed by atoms with Crippen LogP contribution in [0.1, 0.15) is 26.7 Å². The molecule has 0 radical (unpaired) electrons. The molecule has 0 aliphatic heterocycles. The molecule has 0 aromatic rings. The fourth-order valence-corrected chi connectivity index (χ4v) is 1.63. The maximum absolute atomic E-state index is 12.2. The third-order valence-electron chi connectivity index (χ3n) is 2.26. The molecule has 0 saturated heterocycles. The first-order valence-corrected chi connectivity index (χ1v) is 5.61. The second-order valence-corrected chi connectivity index (χ2v) is 4.69. The van der Waals surface area contributed by atoms with E-state index in [2.05, 4.69) is 15.9 Å². The predicted molar refractivity (Wildman–Crippen MR) is 55.8 cm³/mol. The maximum atomic E-state index is 12.2. The van der Waals surface area contributed by atoms with Gasteiger partial charge < -0.3 is 4.90 Å². The molecule has 0 rings (SSSR count). The van der Waals surface area contributed by atoms with Gasteiger partial charge in [-0.2, -0.15) is 13.2 Å². The minimum absolute atomic E-state index is 0.00463. The smallest absolute Gasteiger partial charge is 0.302 e. The van der Waals surface area contributed by atoms with Crippen LogP contribution < -0.4 is 0 Å². The van der Waals surface area contributed by atoms with Crippen LogP contribution in [0.5, 0.6) is 0 Å². The molecule has 0 fully saturated rings. The summed E-state index contributed by atoms with van der Waals surface area (Å²) in [6.45, 7) is 3.98. The van der Waals surface area contributed by atoms with E-state index in [-0.39, 0.29) is 12.6 Å². The SMILES string of the molecule is CCCC(C)N(C)CC(Br)C(F)(F)F. The third kappa shape index (κ3) is 5.20. The number of hydrogen-bond acceptors (Lipinski definition) is 1. The lowest BCUT2D eigenvalue weighted by atomic mass is 10.1. The number of halogens is 4. The Kier molecular flexibility index (Phi) is 6.05. The first-order valence-electron chi connectivity index (χ1n) is 4.70. The van der Waals surface area contributed by atoms with Crippen LogP contribution in [0.4, 0.5) is 13.2 Å². The standard InChI is InChI=1S/C9H17BrF3N/c1-4-5-7(2)14(3)6-8(10)9(11,12)13/h7-8H,4-6H2,1-3H3. The monoisotopic (exact) mass is 275 g/mol. The summed E-state index contributed by atoms with van der Waals surface area (Å²) >= 11 is 2.65. The van der Waals surface area contributed by atoms with Gasteiger partial charge in [0.25, 0.3) is 0 Å². The summed E-state index contributed by atoms with van der Waals surface area (Å²) in [5.74, 6) is 0. The molecule has 0 bridgehead atoms. The van der Waals surface area contributed by atoms with Crippen molar-refractivity contribution in [2.75, 3.05) is 13.6 Å². The van der Waals surface area contributed by atoms with Crippen LogP contribution in [0.2, 0.25) is 0 Å². The molecule has 86 valence electrons. The van der Waals surface area contributed by atoms with E-state index in [0.29, 0.717) is 0 Å². The summed E-state index contributed by atoms with van der Waals surface area (Å²) in [6, 6.07) is 0.197. The largest absolute Gasteiger partial charge is 0.402 e. The summed E-state index contributed by atoms with van der Waals surface area (Å²) in [7, 11) is 1.72. The van der Waals surface area contributed by atoms with E-state index in [0.717, 1.165) is 12.8 Å². The van der Waals surface area contributed by atoms with Crippen molar-refractivity contribution in [2.24, 2.45) is 0 Å². The Balaban J connectivity index is 3.99. The second kappa shape index (κ2) is 5.95. The van der Waals surface area contributed by atoms with Crippen molar-refractivity contribution >= 4 is 15.9 Å². The highest BCUT2D eigenvalue weighted by molar-refractivity contribution is 9.09. The summed E-state index contributed by atoms with van der Waals surface area (Å²) in [4.78, 5) is 0.301.